The van der Waals surface area contributed by atoms with E-state index in [2.05, 4.69) is 10.6 Å². The highest BCUT2D eigenvalue weighted by atomic mass is 32.1. The van der Waals surface area contributed by atoms with Gasteiger partial charge in [0.1, 0.15) is 0 Å². The molecular weight excluding hydrogens is 262 g/mol. The average Bonchev–Trinajstić information content (AvgIpc) is 2.27. The van der Waals surface area contributed by atoms with Crippen LogP contribution in [0.1, 0.15) is 30.6 Å². The number of anilines is 1. The number of thiocarbonyl (C=S) groups is 1. The van der Waals surface area contributed by atoms with Crippen LogP contribution >= 0.6 is 12.2 Å². The summed E-state index contributed by atoms with van der Waals surface area (Å²) in [6.07, 6.45) is 0.406. The Labute approximate surface area is 117 Å². The molecule has 0 saturated heterocycles. The van der Waals surface area contributed by atoms with Crippen LogP contribution in [0.5, 0.6) is 0 Å². The second-order valence-corrected chi connectivity index (χ2v) is 4.95. The maximum atomic E-state index is 11.5. The standard InChI is InChI=1S/C13H17N3O2S/c1-8(2)6-11(17)16-13(19)15-10-5-3-4-9(7-10)12(14)18/h3-5,7-8H,6H2,1-2H3,(H2,14,18)(H2,15,16,17,19). The van der Waals surface area contributed by atoms with Crippen LogP contribution < -0.4 is 16.4 Å². The zero-order valence-electron chi connectivity index (χ0n) is 10.9. The van der Waals surface area contributed by atoms with E-state index in [1.807, 2.05) is 13.8 Å². The number of rotatable bonds is 4. The highest BCUT2D eigenvalue weighted by Gasteiger charge is 2.08. The fraction of sp³-hybridized carbons (Fsp3) is 0.308. The molecule has 0 aliphatic carbocycles. The Morgan fingerprint density at radius 3 is 2.63 bits per heavy atom. The summed E-state index contributed by atoms with van der Waals surface area (Å²) < 4.78 is 0. The van der Waals surface area contributed by atoms with Gasteiger partial charge in [0.15, 0.2) is 5.11 Å². The van der Waals surface area contributed by atoms with Gasteiger partial charge in [-0.3, -0.25) is 9.59 Å². The molecular formula is C13H17N3O2S. The molecule has 0 radical (unpaired) electrons. The molecule has 1 rings (SSSR count). The summed E-state index contributed by atoms with van der Waals surface area (Å²) in [5.41, 5.74) is 6.16. The van der Waals surface area contributed by atoms with Gasteiger partial charge in [0.2, 0.25) is 11.8 Å². The SMILES string of the molecule is CC(C)CC(=O)NC(=S)Nc1cccc(C(N)=O)c1. The van der Waals surface area contributed by atoms with Crippen LogP contribution in [0.15, 0.2) is 24.3 Å². The minimum atomic E-state index is -0.515. The van der Waals surface area contributed by atoms with Gasteiger partial charge < -0.3 is 16.4 Å². The molecule has 5 nitrogen and oxygen atoms in total. The van der Waals surface area contributed by atoms with Crippen molar-refractivity contribution in [3.8, 4) is 0 Å². The van der Waals surface area contributed by atoms with Crippen molar-refractivity contribution in [2.45, 2.75) is 20.3 Å². The summed E-state index contributed by atoms with van der Waals surface area (Å²) in [6, 6.07) is 6.59. The number of amides is 2. The van der Waals surface area contributed by atoms with Crippen LogP contribution in [-0.4, -0.2) is 16.9 Å². The molecule has 0 aromatic heterocycles. The van der Waals surface area contributed by atoms with E-state index in [4.69, 9.17) is 18.0 Å². The summed E-state index contributed by atoms with van der Waals surface area (Å²) in [4.78, 5) is 22.5. The minimum absolute atomic E-state index is 0.140. The van der Waals surface area contributed by atoms with Crippen molar-refractivity contribution in [3.05, 3.63) is 29.8 Å². The van der Waals surface area contributed by atoms with E-state index in [0.717, 1.165) is 0 Å². The predicted octanol–water partition coefficient (Wildman–Crippen LogP) is 1.64. The molecule has 0 spiro atoms. The highest BCUT2D eigenvalue weighted by molar-refractivity contribution is 7.80. The lowest BCUT2D eigenvalue weighted by Crippen LogP contribution is -2.34. The Kier molecular flexibility index (Phi) is 5.44. The summed E-state index contributed by atoms with van der Waals surface area (Å²) in [7, 11) is 0. The molecule has 0 saturated carbocycles. The normalized spacial score (nSPS) is 10.1. The van der Waals surface area contributed by atoms with Crippen molar-refractivity contribution in [1.82, 2.24) is 5.32 Å². The lowest BCUT2D eigenvalue weighted by molar-refractivity contribution is -0.120. The lowest BCUT2D eigenvalue weighted by atomic mass is 10.1. The van der Waals surface area contributed by atoms with Gasteiger partial charge in [0.25, 0.3) is 0 Å². The summed E-state index contributed by atoms with van der Waals surface area (Å²) in [5.74, 6) is -0.391. The number of carbonyl (C=O) groups is 2. The van der Waals surface area contributed by atoms with Gasteiger partial charge in [-0.1, -0.05) is 19.9 Å². The molecule has 2 amide bonds. The van der Waals surface area contributed by atoms with Crippen LogP contribution in [0.2, 0.25) is 0 Å². The van der Waals surface area contributed by atoms with E-state index in [0.29, 0.717) is 17.7 Å². The third-order valence-electron chi connectivity index (χ3n) is 2.25. The molecule has 0 bridgehead atoms. The summed E-state index contributed by atoms with van der Waals surface area (Å²) in [5, 5.41) is 5.61. The van der Waals surface area contributed by atoms with E-state index >= 15 is 0 Å². The molecule has 0 aliphatic heterocycles. The Morgan fingerprint density at radius 1 is 1.37 bits per heavy atom. The van der Waals surface area contributed by atoms with E-state index in [-0.39, 0.29) is 16.9 Å². The number of nitrogens with one attached hydrogen (secondary N) is 2. The van der Waals surface area contributed by atoms with Gasteiger partial charge >= 0.3 is 0 Å². The first kappa shape index (κ1) is 15.1. The lowest BCUT2D eigenvalue weighted by Gasteiger charge is -2.11. The summed E-state index contributed by atoms with van der Waals surface area (Å²) >= 11 is 5.01. The molecule has 0 fully saturated rings. The predicted molar refractivity (Wildman–Crippen MR) is 78.8 cm³/mol. The van der Waals surface area contributed by atoms with E-state index < -0.39 is 5.91 Å². The number of nitrogens with two attached hydrogens (primary N) is 1. The first-order valence-electron chi connectivity index (χ1n) is 5.89. The monoisotopic (exact) mass is 279 g/mol. The fourth-order valence-electron chi connectivity index (χ4n) is 1.46. The molecule has 6 heteroatoms. The van der Waals surface area contributed by atoms with Gasteiger partial charge in [-0.15, -0.1) is 0 Å². The first-order chi connectivity index (χ1) is 8.88. The molecule has 1 aromatic rings. The largest absolute Gasteiger partial charge is 0.366 e. The van der Waals surface area contributed by atoms with Crippen molar-refractivity contribution >= 4 is 34.8 Å². The quantitative estimate of drug-likeness (QED) is 0.732. The van der Waals surface area contributed by atoms with E-state index in [1.54, 1.807) is 24.3 Å². The van der Waals surface area contributed by atoms with Crippen molar-refractivity contribution in [2.24, 2.45) is 11.7 Å². The Bertz CT molecular complexity index is 500. The Balaban J connectivity index is 2.59. The fourth-order valence-corrected chi connectivity index (χ4v) is 1.69. The average molecular weight is 279 g/mol. The minimum Gasteiger partial charge on any atom is -0.366 e. The van der Waals surface area contributed by atoms with Crippen molar-refractivity contribution < 1.29 is 9.59 Å². The van der Waals surface area contributed by atoms with Crippen LogP contribution in [0.3, 0.4) is 0 Å². The van der Waals surface area contributed by atoms with Crippen molar-refractivity contribution in [2.75, 3.05) is 5.32 Å². The van der Waals surface area contributed by atoms with Gasteiger partial charge in [0.05, 0.1) is 0 Å². The van der Waals surface area contributed by atoms with Gasteiger partial charge in [-0.2, -0.15) is 0 Å². The molecule has 0 heterocycles. The third-order valence-corrected chi connectivity index (χ3v) is 2.46. The van der Waals surface area contributed by atoms with Crippen LogP contribution in [0.4, 0.5) is 5.69 Å². The molecule has 4 N–H and O–H groups in total. The molecule has 19 heavy (non-hydrogen) atoms. The smallest absolute Gasteiger partial charge is 0.248 e. The van der Waals surface area contributed by atoms with Crippen molar-refractivity contribution in [1.29, 1.82) is 0 Å². The number of hydrogen-bond acceptors (Lipinski definition) is 3. The Hall–Kier alpha value is -1.95. The van der Waals surface area contributed by atoms with Crippen molar-refractivity contribution in [3.63, 3.8) is 0 Å². The topological polar surface area (TPSA) is 84.2 Å². The maximum absolute atomic E-state index is 11.5. The zero-order chi connectivity index (χ0) is 14.4. The van der Waals surface area contributed by atoms with Gasteiger partial charge in [-0.05, 0) is 36.3 Å². The van der Waals surface area contributed by atoms with E-state index in [1.165, 1.54) is 0 Å². The Morgan fingerprint density at radius 2 is 2.05 bits per heavy atom. The molecule has 0 aliphatic rings. The number of hydrogen-bond donors (Lipinski definition) is 3. The van der Waals surface area contributed by atoms with Crippen LogP contribution in [0, 0.1) is 5.92 Å². The van der Waals surface area contributed by atoms with Gasteiger partial charge in [0, 0.05) is 17.7 Å². The number of benzene rings is 1. The molecule has 102 valence electrons. The second-order valence-electron chi connectivity index (χ2n) is 4.55. The number of carbonyl (C=O) groups excluding carboxylic acids is 2. The number of primary amides is 1. The van der Waals surface area contributed by atoms with E-state index in [9.17, 15) is 9.59 Å². The third kappa shape index (κ3) is 5.48. The molecule has 1 aromatic carbocycles. The van der Waals surface area contributed by atoms with Crippen LogP contribution in [0.25, 0.3) is 0 Å². The molecule has 0 atom stereocenters. The molecule has 0 unspecified atom stereocenters. The highest BCUT2D eigenvalue weighted by Crippen LogP contribution is 2.10. The first-order valence-corrected chi connectivity index (χ1v) is 6.30. The maximum Gasteiger partial charge on any atom is 0.248 e. The van der Waals surface area contributed by atoms with Crippen LogP contribution in [-0.2, 0) is 4.79 Å². The van der Waals surface area contributed by atoms with Gasteiger partial charge in [-0.25, -0.2) is 0 Å². The summed E-state index contributed by atoms with van der Waals surface area (Å²) in [6.45, 7) is 3.90. The zero-order valence-corrected chi connectivity index (χ0v) is 11.7. The second kappa shape index (κ2) is 6.84.